The van der Waals surface area contributed by atoms with Crippen LogP contribution in [0.3, 0.4) is 0 Å². The van der Waals surface area contributed by atoms with Gasteiger partial charge < -0.3 is 13.8 Å². The molecule has 0 aliphatic carbocycles. The van der Waals surface area contributed by atoms with Gasteiger partial charge in [0.25, 0.3) is 0 Å². The molecule has 2 unspecified atom stereocenters. The van der Waals surface area contributed by atoms with Crippen LogP contribution in [0.2, 0.25) is 0 Å². The first kappa shape index (κ1) is 25.8. The summed E-state index contributed by atoms with van der Waals surface area (Å²) in [6.07, 6.45) is 10.4. The molecule has 5 nitrogen and oxygen atoms in total. The second kappa shape index (κ2) is 15.8. The molecule has 0 amide bonds. The van der Waals surface area contributed by atoms with Crippen molar-refractivity contribution in [3.8, 4) is 11.8 Å². The molecule has 0 saturated heterocycles. The topological polar surface area (TPSA) is 61.8 Å². The molecule has 0 saturated carbocycles. The maximum Gasteiger partial charge on any atom is 0.426 e. The van der Waals surface area contributed by atoms with Crippen molar-refractivity contribution >= 4 is 16.1 Å². The second-order valence-corrected chi connectivity index (χ2v) is 9.51. The number of unbranched alkanes of at least 4 members (excludes halogenated alkanes) is 8. The van der Waals surface area contributed by atoms with E-state index in [1.54, 1.807) is 20.8 Å². The van der Waals surface area contributed by atoms with Crippen LogP contribution in [0.15, 0.2) is 0 Å². The maximum absolute atomic E-state index is 13.1. The van der Waals surface area contributed by atoms with Crippen molar-refractivity contribution in [1.82, 2.24) is 0 Å². The largest absolute Gasteiger partial charge is 0.426 e. The van der Waals surface area contributed by atoms with E-state index >= 15 is 0 Å². The minimum absolute atomic E-state index is 0.177. The molecule has 0 bridgehead atoms. The van der Waals surface area contributed by atoms with E-state index in [4.69, 9.17) is 13.8 Å². The second-order valence-electron chi connectivity index (χ2n) is 6.04. The Morgan fingerprint density at radius 3 is 1.85 bits per heavy atom. The molecule has 0 aliphatic rings. The van der Waals surface area contributed by atoms with E-state index in [1.807, 2.05) is 0 Å². The fraction of sp³-hybridized carbons (Fsp3) is 0.895. The smallest absolute Gasteiger partial charge is 0.314 e. The van der Waals surface area contributed by atoms with Gasteiger partial charge in [-0.05, 0) is 33.1 Å². The molecular formula is C19H37O5P2+. The Bertz CT molecular complexity index is 462. The minimum Gasteiger partial charge on any atom is -0.314 e. The highest BCUT2D eigenvalue weighted by Crippen LogP contribution is 2.64. The Labute approximate surface area is 161 Å². The zero-order valence-corrected chi connectivity index (χ0v) is 18.9. The van der Waals surface area contributed by atoms with Gasteiger partial charge in [0.1, 0.15) is 0 Å². The van der Waals surface area contributed by atoms with E-state index in [2.05, 4.69) is 18.8 Å². The van der Waals surface area contributed by atoms with Crippen molar-refractivity contribution < 1.29 is 22.9 Å². The molecule has 152 valence electrons. The number of hydrogen-bond acceptors (Lipinski definition) is 5. The molecule has 26 heavy (non-hydrogen) atoms. The van der Waals surface area contributed by atoms with Crippen LogP contribution in [0.1, 0.15) is 85.5 Å². The Balaban J connectivity index is 4.70. The summed E-state index contributed by atoms with van der Waals surface area (Å²) in [5.74, 6) is 5.82. The molecule has 0 aliphatic heterocycles. The predicted molar refractivity (Wildman–Crippen MR) is 109 cm³/mol. The van der Waals surface area contributed by atoms with E-state index in [0.29, 0.717) is 6.42 Å². The third-order valence-electron chi connectivity index (χ3n) is 3.89. The normalized spacial score (nSPS) is 14.0. The van der Waals surface area contributed by atoms with Gasteiger partial charge in [0.05, 0.1) is 19.8 Å². The van der Waals surface area contributed by atoms with Gasteiger partial charge in [-0.3, -0.25) is 4.57 Å². The summed E-state index contributed by atoms with van der Waals surface area (Å²) >= 11 is 0. The van der Waals surface area contributed by atoms with E-state index in [1.165, 1.54) is 38.5 Å². The third kappa shape index (κ3) is 9.12. The van der Waals surface area contributed by atoms with Crippen molar-refractivity contribution in [2.24, 2.45) is 0 Å². The molecule has 0 aromatic heterocycles. The van der Waals surface area contributed by atoms with Gasteiger partial charge >= 0.3 is 21.1 Å². The van der Waals surface area contributed by atoms with Crippen LogP contribution in [0.25, 0.3) is 0 Å². The van der Waals surface area contributed by atoms with Crippen LogP contribution < -0.4 is 0 Å². The predicted octanol–water partition coefficient (Wildman–Crippen LogP) is 6.50. The van der Waals surface area contributed by atoms with Crippen LogP contribution >= 0.6 is 16.1 Å². The standard InChI is InChI=1S/C19H36O5P2/c1-5-9-10-11-12-13-14-15-16-17-18-19(25-20,22-6-2)26(21,23-7-3)24-8-4/h5-16H2,1-4H3/p+1. The third-order valence-corrected chi connectivity index (χ3v) is 7.74. The first-order valence-electron chi connectivity index (χ1n) is 9.98. The Kier molecular flexibility index (Phi) is 15.7. The molecule has 0 rings (SSSR count). The highest BCUT2D eigenvalue weighted by molar-refractivity contribution is 7.65. The Hall–Kier alpha value is -0.230. The highest BCUT2D eigenvalue weighted by Gasteiger charge is 2.60. The Morgan fingerprint density at radius 1 is 0.846 bits per heavy atom. The SMILES string of the molecule is CCCCCCCCCCC#CC(OCC)([PH+]=O)P(=O)(OCC)OCC. The van der Waals surface area contributed by atoms with Gasteiger partial charge in [-0.1, -0.05) is 62.4 Å². The number of ether oxygens (including phenoxy) is 1. The fourth-order valence-corrected chi connectivity index (χ4v) is 5.39. The van der Waals surface area contributed by atoms with Crippen LogP contribution in [0.5, 0.6) is 0 Å². The minimum atomic E-state index is -3.75. The molecular weight excluding hydrogens is 370 g/mol. The summed E-state index contributed by atoms with van der Waals surface area (Å²) in [6, 6.07) is 0. The molecule has 0 heterocycles. The van der Waals surface area contributed by atoms with Gasteiger partial charge in [-0.2, -0.15) is 0 Å². The van der Waals surface area contributed by atoms with Crippen LogP contribution in [-0.4, -0.2) is 24.9 Å². The number of hydrogen-bond donors (Lipinski definition) is 0. The average molecular weight is 407 g/mol. The lowest BCUT2D eigenvalue weighted by molar-refractivity contribution is 0.0853. The number of rotatable bonds is 16. The molecule has 7 heteroatoms. The Morgan fingerprint density at radius 2 is 1.38 bits per heavy atom. The van der Waals surface area contributed by atoms with Gasteiger partial charge in [-0.15, -0.1) is 0 Å². The molecule has 0 aromatic rings. The monoisotopic (exact) mass is 407 g/mol. The molecule has 2 atom stereocenters. The first-order chi connectivity index (χ1) is 12.6. The molecule has 0 fully saturated rings. The van der Waals surface area contributed by atoms with Gasteiger partial charge in [0.15, 0.2) is 0 Å². The average Bonchev–Trinajstić information content (AvgIpc) is 2.62. The first-order valence-corrected chi connectivity index (χ1v) is 12.4. The fourth-order valence-electron chi connectivity index (χ4n) is 2.59. The van der Waals surface area contributed by atoms with Crippen LogP contribution in [0, 0.1) is 11.8 Å². The van der Waals surface area contributed by atoms with E-state index < -0.39 is 21.1 Å². The summed E-state index contributed by atoms with van der Waals surface area (Å²) in [7, 11) is -4.80. The van der Waals surface area contributed by atoms with Crippen molar-refractivity contribution in [3.63, 3.8) is 0 Å². The van der Waals surface area contributed by atoms with Crippen LogP contribution in [0.4, 0.5) is 0 Å². The van der Waals surface area contributed by atoms with E-state index in [9.17, 15) is 9.13 Å². The summed E-state index contributed by atoms with van der Waals surface area (Å²) in [5, 5.41) is -1.69. The van der Waals surface area contributed by atoms with E-state index in [0.717, 1.165) is 12.8 Å². The summed E-state index contributed by atoms with van der Waals surface area (Å²) < 4.78 is 41.2. The molecule has 0 N–H and O–H groups in total. The summed E-state index contributed by atoms with van der Waals surface area (Å²) in [4.78, 5) is 0. The summed E-state index contributed by atoms with van der Waals surface area (Å²) in [5.41, 5.74) is 0. The lowest BCUT2D eigenvalue weighted by Crippen LogP contribution is -2.27. The van der Waals surface area contributed by atoms with Gasteiger partial charge in [0.2, 0.25) is 0 Å². The van der Waals surface area contributed by atoms with Crippen molar-refractivity contribution in [3.05, 3.63) is 0 Å². The molecule has 0 spiro atoms. The van der Waals surface area contributed by atoms with Gasteiger partial charge in [0, 0.05) is 6.42 Å². The quantitative estimate of drug-likeness (QED) is 0.166. The highest BCUT2D eigenvalue weighted by atomic mass is 31.2. The van der Waals surface area contributed by atoms with Crippen LogP contribution in [-0.2, 0) is 22.9 Å². The lowest BCUT2D eigenvalue weighted by atomic mass is 10.1. The molecule has 0 aromatic carbocycles. The van der Waals surface area contributed by atoms with E-state index in [-0.39, 0.29) is 19.8 Å². The zero-order valence-electron chi connectivity index (χ0n) is 17.0. The molecule has 0 radical (unpaired) electrons. The maximum atomic E-state index is 13.1. The van der Waals surface area contributed by atoms with Gasteiger partial charge in [-0.25, -0.2) is 0 Å². The van der Waals surface area contributed by atoms with Crippen molar-refractivity contribution in [2.45, 2.75) is 90.6 Å². The zero-order chi connectivity index (χ0) is 19.7. The summed E-state index contributed by atoms with van der Waals surface area (Å²) in [6.45, 7) is 7.98. The van der Waals surface area contributed by atoms with Crippen molar-refractivity contribution in [1.29, 1.82) is 0 Å². The lowest BCUT2D eigenvalue weighted by Gasteiger charge is -2.24. The van der Waals surface area contributed by atoms with Crippen molar-refractivity contribution in [2.75, 3.05) is 19.8 Å².